The van der Waals surface area contributed by atoms with E-state index in [9.17, 15) is 9.59 Å². The summed E-state index contributed by atoms with van der Waals surface area (Å²) in [6.07, 6.45) is 0. The number of thiophene rings is 1. The first-order valence-corrected chi connectivity index (χ1v) is 9.20. The Hall–Kier alpha value is -2.31. The molecule has 0 unspecified atom stereocenters. The van der Waals surface area contributed by atoms with Gasteiger partial charge in [-0.2, -0.15) is 0 Å². The monoisotopic (exact) mass is 357 g/mol. The summed E-state index contributed by atoms with van der Waals surface area (Å²) in [5, 5.41) is 4.42. The summed E-state index contributed by atoms with van der Waals surface area (Å²) >= 11 is 3.00. The highest BCUT2D eigenvalue weighted by molar-refractivity contribution is 7.98. The number of amides is 1. The number of ketones is 1. The van der Waals surface area contributed by atoms with Crippen molar-refractivity contribution < 1.29 is 14.0 Å². The Bertz CT molecular complexity index is 810. The molecule has 0 aliphatic heterocycles. The van der Waals surface area contributed by atoms with Crippen LogP contribution in [0.25, 0.3) is 0 Å². The molecular weight excluding hydrogens is 342 g/mol. The number of thioether (sulfide) groups is 1. The summed E-state index contributed by atoms with van der Waals surface area (Å²) in [4.78, 5) is 25.7. The third kappa shape index (κ3) is 4.37. The van der Waals surface area contributed by atoms with Crippen LogP contribution in [0.1, 0.15) is 26.0 Å². The molecule has 122 valence electrons. The van der Waals surface area contributed by atoms with E-state index in [2.05, 4.69) is 5.32 Å². The summed E-state index contributed by atoms with van der Waals surface area (Å²) in [5.41, 5.74) is 0. The predicted octanol–water partition coefficient (Wildman–Crippen LogP) is 4.25. The molecule has 4 nitrogen and oxygen atoms in total. The Morgan fingerprint density at radius 3 is 2.62 bits per heavy atom. The first-order valence-electron chi connectivity index (χ1n) is 7.34. The maximum Gasteiger partial charge on any atom is 0.287 e. The number of hydrogen-bond acceptors (Lipinski definition) is 5. The smallest absolute Gasteiger partial charge is 0.287 e. The normalized spacial score (nSPS) is 10.5. The third-order valence-corrected chi connectivity index (χ3v) is 5.16. The SMILES string of the molecule is O=C(NCC(=O)c1cccs1)c1ccc(CSc2ccccc2)o1. The van der Waals surface area contributed by atoms with E-state index in [4.69, 9.17) is 4.42 Å². The van der Waals surface area contributed by atoms with Crippen LogP contribution in [0.2, 0.25) is 0 Å². The van der Waals surface area contributed by atoms with Gasteiger partial charge in [0.1, 0.15) is 5.76 Å². The van der Waals surface area contributed by atoms with Crippen molar-refractivity contribution in [3.05, 3.63) is 76.4 Å². The predicted molar refractivity (Wildman–Crippen MR) is 95.7 cm³/mol. The number of carbonyl (C=O) groups excluding carboxylic acids is 2. The van der Waals surface area contributed by atoms with Crippen LogP contribution in [0, 0.1) is 0 Å². The molecule has 1 amide bonds. The van der Waals surface area contributed by atoms with Crippen molar-refractivity contribution in [2.75, 3.05) is 6.54 Å². The van der Waals surface area contributed by atoms with Crippen molar-refractivity contribution in [3.63, 3.8) is 0 Å². The number of benzene rings is 1. The van der Waals surface area contributed by atoms with Crippen LogP contribution in [0.4, 0.5) is 0 Å². The molecule has 0 spiro atoms. The summed E-state index contributed by atoms with van der Waals surface area (Å²) in [7, 11) is 0. The maximum atomic E-state index is 12.0. The Morgan fingerprint density at radius 2 is 1.88 bits per heavy atom. The van der Waals surface area contributed by atoms with E-state index in [0.717, 1.165) is 10.7 Å². The lowest BCUT2D eigenvalue weighted by molar-refractivity contribution is 0.0885. The number of Topliss-reactive ketones (excluding diaryl/α,β-unsaturated/α-hetero) is 1. The molecule has 0 saturated heterocycles. The van der Waals surface area contributed by atoms with Crippen molar-refractivity contribution in [2.24, 2.45) is 0 Å². The molecule has 3 aromatic rings. The Morgan fingerprint density at radius 1 is 1.04 bits per heavy atom. The van der Waals surface area contributed by atoms with Crippen LogP contribution in [0.15, 0.2) is 69.3 Å². The van der Waals surface area contributed by atoms with Crippen molar-refractivity contribution >= 4 is 34.8 Å². The summed E-state index contributed by atoms with van der Waals surface area (Å²) in [5.74, 6) is 1.10. The van der Waals surface area contributed by atoms with Crippen LogP contribution < -0.4 is 5.32 Å². The van der Waals surface area contributed by atoms with E-state index >= 15 is 0 Å². The molecule has 0 fully saturated rings. The van der Waals surface area contributed by atoms with E-state index in [1.54, 1.807) is 30.0 Å². The summed E-state index contributed by atoms with van der Waals surface area (Å²) < 4.78 is 5.55. The van der Waals surface area contributed by atoms with E-state index in [1.165, 1.54) is 11.3 Å². The van der Waals surface area contributed by atoms with Gasteiger partial charge in [0.15, 0.2) is 11.5 Å². The van der Waals surface area contributed by atoms with Gasteiger partial charge in [-0.05, 0) is 35.7 Å². The average molecular weight is 357 g/mol. The molecule has 0 aliphatic rings. The first-order chi connectivity index (χ1) is 11.7. The highest BCUT2D eigenvalue weighted by atomic mass is 32.2. The van der Waals surface area contributed by atoms with Gasteiger partial charge in [-0.15, -0.1) is 23.1 Å². The summed E-state index contributed by atoms with van der Waals surface area (Å²) in [6, 6.07) is 16.9. The largest absolute Gasteiger partial charge is 0.455 e. The van der Waals surface area contributed by atoms with E-state index in [0.29, 0.717) is 10.6 Å². The van der Waals surface area contributed by atoms with Gasteiger partial charge in [0, 0.05) is 4.90 Å². The fourth-order valence-electron chi connectivity index (χ4n) is 2.02. The molecule has 6 heteroatoms. The molecule has 0 radical (unpaired) electrons. The zero-order chi connectivity index (χ0) is 16.8. The van der Waals surface area contributed by atoms with Crippen molar-refractivity contribution in [1.29, 1.82) is 0 Å². The van der Waals surface area contributed by atoms with Crippen LogP contribution in [-0.4, -0.2) is 18.2 Å². The van der Waals surface area contributed by atoms with Gasteiger partial charge in [-0.3, -0.25) is 9.59 Å². The number of rotatable bonds is 7. The Labute approximate surface area is 147 Å². The second-order valence-electron chi connectivity index (χ2n) is 4.95. The average Bonchev–Trinajstić information content (AvgIpc) is 3.30. The topological polar surface area (TPSA) is 59.3 Å². The molecule has 3 rings (SSSR count). The molecule has 24 heavy (non-hydrogen) atoms. The van der Waals surface area contributed by atoms with Gasteiger partial charge in [0.25, 0.3) is 5.91 Å². The van der Waals surface area contributed by atoms with Gasteiger partial charge in [0.2, 0.25) is 0 Å². The van der Waals surface area contributed by atoms with Crippen molar-refractivity contribution in [3.8, 4) is 0 Å². The van der Waals surface area contributed by atoms with E-state index < -0.39 is 0 Å². The quantitative estimate of drug-likeness (QED) is 0.507. The molecule has 0 aliphatic carbocycles. The van der Waals surface area contributed by atoms with Crippen molar-refractivity contribution in [1.82, 2.24) is 5.32 Å². The maximum absolute atomic E-state index is 12.0. The zero-order valence-corrected chi connectivity index (χ0v) is 14.4. The molecule has 1 N–H and O–H groups in total. The lowest BCUT2D eigenvalue weighted by Gasteiger charge is -2.01. The number of furan rings is 1. The minimum atomic E-state index is -0.379. The van der Waals surface area contributed by atoms with Gasteiger partial charge < -0.3 is 9.73 Å². The molecule has 2 heterocycles. The lowest BCUT2D eigenvalue weighted by atomic mass is 10.3. The Kier molecular flexibility index (Phi) is 5.51. The molecule has 0 bridgehead atoms. The van der Waals surface area contributed by atoms with Crippen LogP contribution >= 0.6 is 23.1 Å². The summed E-state index contributed by atoms with van der Waals surface area (Å²) in [6.45, 7) is -0.0336. The van der Waals surface area contributed by atoms with Gasteiger partial charge in [-0.1, -0.05) is 24.3 Å². The second kappa shape index (κ2) is 7.99. The van der Waals surface area contributed by atoms with Gasteiger partial charge >= 0.3 is 0 Å². The number of carbonyl (C=O) groups is 2. The minimum absolute atomic E-state index is 0.0336. The highest BCUT2D eigenvalue weighted by Crippen LogP contribution is 2.23. The van der Waals surface area contributed by atoms with Crippen molar-refractivity contribution in [2.45, 2.75) is 10.6 Å². The van der Waals surface area contributed by atoms with Crippen LogP contribution in [-0.2, 0) is 5.75 Å². The van der Waals surface area contributed by atoms with Crippen LogP contribution in [0.5, 0.6) is 0 Å². The molecule has 1 aromatic carbocycles. The highest BCUT2D eigenvalue weighted by Gasteiger charge is 2.14. The van der Waals surface area contributed by atoms with E-state index in [1.807, 2.05) is 41.8 Å². The standard InChI is InChI=1S/C18H15NO3S2/c20-15(17-7-4-10-23-17)11-19-18(21)16-9-8-13(22-16)12-24-14-5-2-1-3-6-14/h1-10H,11-12H2,(H,19,21). The Balaban J connectivity index is 1.51. The first kappa shape index (κ1) is 16.5. The fourth-order valence-corrected chi connectivity index (χ4v) is 3.50. The molecular formula is C18H15NO3S2. The molecule has 0 atom stereocenters. The number of hydrogen-bond donors (Lipinski definition) is 1. The van der Waals surface area contributed by atoms with E-state index in [-0.39, 0.29) is 24.0 Å². The molecule has 0 saturated carbocycles. The third-order valence-electron chi connectivity index (χ3n) is 3.22. The van der Waals surface area contributed by atoms with Crippen LogP contribution in [0.3, 0.4) is 0 Å². The second-order valence-corrected chi connectivity index (χ2v) is 6.95. The fraction of sp³-hybridized carbons (Fsp3) is 0.111. The number of nitrogens with one attached hydrogen (secondary N) is 1. The lowest BCUT2D eigenvalue weighted by Crippen LogP contribution is -2.28. The van der Waals surface area contributed by atoms with Gasteiger partial charge in [-0.25, -0.2) is 0 Å². The molecule has 2 aromatic heterocycles. The van der Waals surface area contributed by atoms with Gasteiger partial charge in [0.05, 0.1) is 17.2 Å². The minimum Gasteiger partial charge on any atom is -0.455 e. The zero-order valence-electron chi connectivity index (χ0n) is 12.7.